The summed E-state index contributed by atoms with van der Waals surface area (Å²) >= 11 is 0. The number of benzene rings is 1. The van der Waals surface area contributed by atoms with Crippen molar-refractivity contribution in [2.45, 2.75) is 32.6 Å². The van der Waals surface area contributed by atoms with Crippen molar-refractivity contribution in [3.05, 3.63) is 35.4 Å². The number of esters is 1. The lowest BCUT2D eigenvalue weighted by Crippen LogP contribution is -2.26. The summed E-state index contributed by atoms with van der Waals surface area (Å²) in [6, 6.07) is 8.05. The summed E-state index contributed by atoms with van der Waals surface area (Å²) in [7, 11) is 0. The third-order valence-corrected chi connectivity index (χ3v) is 3.54. The average Bonchev–Trinajstić information content (AvgIpc) is 2.76. The van der Waals surface area contributed by atoms with Gasteiger partial charge in [-0.05, 0) is 23.5 Å². The third-order valence-electron chi connectivity index (χ3n) is 3.54. The van der Waals surface area contributed by atoms with Gasteiger partial charge in [0.05, 0.1) is 0 Å². The van der Waals surface area contributed by atoms with E-state index in [1.54, 1.807) is 0 Å². The average molecular weight is 274 g/mol. The molecule has 1 saturated heterocycles. The predicted octanol–water partition coefficient (Wildman–Crippen LogP) is 2.05. The monoisotopic (exact) mass is 274 g/mol. The minimum atomic E-state index is -1.19. The Morgan fingerprint density at radius 2 is 1.90 bits per heavy atom. The zero-order chi connectivity index (χ0) is 14.7. The molecule has 1 fully saturated rings. The number of aryl methyl sites for hydroxylation is 1. The summed E-state index contributed by atoms with van der Waals surface area (Å²) in [5.74, 6) is -2.18. The van der Waals surface area contributed by atoms with E-state index in [2.05, 4.69) is 18.6 Å². The van der Waals surface area contributed by atoms with Crippen LogP contribution in [0.15, 0.2) is 24.3 Å². The van der Waals surface area contributed by atoms with Gasteiger partial charge in [0.15, 0.2) is 24.1 Å². The van der Waals surface area contributed by atoms with Crippen LogP contribution >= 0.6 is 0 Å². The Balaban J connectivity index is 1.93. The largest absolute Gasteiger partial charge is 0.457 e. The first kappa shape index (κ1) is 14.4. The molecular weight excluding hydrogens is 256 g/mol. The van der Waals surface area contributed by atoms with Gasteiger partial charge >= 0.3 is 5.97 Å². The molecule has 4 heteroatoms. The number of rotatable bonds is 5. The van der Waals surface area contributed by atoms with E-state index >= 15 is 0 Å². The fourth-order valence-electron chi connectivity index (χ4n) is 2.23. The highest BCUT2D eigenvalue weighted by Crippen LogP contribution is 2.18. The minimum absolute atomic E-state index is 0.187. The van der Waals surface area contributed by atoms with Crippen LogP contribution in [0.3, 0.4) is 0 Å². The van der Waals surface area contributed by atoms with Crippen molar-refractivity contribution in [3.8, 4) is 0 Å². The van der Waals surface area contributed by atoms with Crippen LogP contribution in [0, 0.1) is 5.92 Å². The summed E-state index contributed by atoms with van der Waals surface area (Å²) in [6.45, 7) is 3.98. The summed E-state index contributed by atoms with van der Waals surface area (Å²) in [4.78, 5) is 34.6. The summed E-state index contributed by atoms with van der Waals surface area (Å²) in [5.41, 5.74) is 2.27. The minimum Gasteiger partial charge on any atom is -0.457 e. The molecule has 0 aromatic heterocycles. The molecule has 4 nitrogen and oxygen atoms in total. The van der Waals surface area contributed by atoms with Crippen LogP contribution in [0.4, 0.5) is 0 Å². The quantitative estimate of drug-likeness (QED) is 0.609. The highest BCUT2D eigenvalue weighted by atomic mass is 16.5. The summed E-state index contributed by atoms with van der Waals surface area (Å²) in [6.07, 6.45) is 0.723. The Morgan fingerprint density at radius 1 is 1.25 bits per heavy atom. The normalized spacial score (nSPS) is 18.4. The molecule has 1 heterocycles. The number of ketones is 2. The van der Waals surface area contributed by atoms with Crippen LogP contribution in [-0.2, 0) is 25.5 Å². The fraction of sp³-hybridized carbons (Fsp3) is 0.438. The van der Waals surface area contributed by atoms with Crippen LogP contribution in [0.25, 0.3) is 0 Å². The maximum absolute atomic E-state index is 11.9. The molecule has 0 radical (unpaired) electrons. The molecule has 106 valence electrons. The van der Waals surface area contributed by atoms with Crippen molar-refractivity contribution >= 4 is 17.5 Å². The van der Waals surface area contributed by atoms with E-state index in [0.717, 1.165) is 5.56 Å². The molecule has 2 rings (SSSR count). The zero-order valence-electron chi connectivity index (χ0n) is 11.7. The van der Waals surface area contributed by atoms with E-state index in [9.17, 15) is 14.4 Å². The van der Waals surface area contributed by atoms with Crippen molar-refractivity contribution in [1.29, 1.82) is 0 Å². The first-order valence-corrected chi connectivity index (χ1v) is 6.80. The molecule has 0 N–H and O–H groups in total. The highest BCUT2D eigenvalue weighted by Gasteiger charge is 2.40. The summed E-state index contributed by atoms with van der Waals surface area (Å²) in [5, 5.41) is 0. The van der Waals surface area contributed by atoms with E-state index in [0.29, 0.717) is 12.3 Å². The van der Waals surface area contributed by atoms with Gasteiger partial charge in [-0.25, -0.2) is 0 Å². The number of carbonyl (C=O) groups is 3. The fourth-order valence-corrected chi connectivity index (χ4v) is 2.23. The Hall–Kier alpha value is -1.97. The number of ether oxygens (including phenoxy) is 1. The van der Waals surface area contributed by atoms with E-state index in [1.807, 2.05) is 24.3 Å². The zero-order valence-corrected chi connectivity index (χ0v) is 11.7. The molecule has 0 aliphatic carbocycles. The van der Waals surface area contributed by atoms with Gasteiger partial charge < -0.3 is 4.74 Å². The van der Waals surface area contributed by atoms with Crippen molar-refractivity contribution in [2.75, 3.05) is 6.61 Å². The maximum Gasteiger partial charge on any atom is 0.324 e. The van der Waals surface area contributed by atoms with Crippen LogP contribution in [0.2, 0.25) is 0 Å². The first-order valence-electron chi connectivity index (χ1n) is 6.80. The molecular formula is C16H18O4. The smallest absolute Gasteiger partial charge is 0.324 e. The van der Waals surface area contributed by atoms with Crippen LogP contribution < -0.4 is 0 Å². The van der Waals surface area contributed by atoms with Crippen molar-refractivity contribution in [1.82, 2.24) is 0 Å². The van der Waals surface area contributed by atoms with Crippen LogP contribution in [0.5, 0.6) is 0 Å². The van der Waals surface area contributed by atoms with Crippen LogP contribution in [-0.4, -0.2) is 24.1 Å². The molecule has 0 amide bonds. The molecule has 1 aliphatic rings. The number of hydrogen-bond acceptors (Lipinski definition) is 4. The number of hydrogen-bond donors (Lipinski definition) is 0. The van der Waals surface area contributed by atoms with Gasteiger partial charge in [-0.1, -0.05) is 38.1 Å². The van der Waals surface area contributed by atoms with E-state index in [-0.39, 0.29) is 18.8 Å². The topological polar surface area (TPSA) is 60.4 Å². The Morgan fingerprint density at radius 3 is 2.40 bits per heavy atom. The number of cyclic esters (lactones) is 1. The predicted molar refractivity (Wildman–Crippen MR) is 73.3 cm³/mol. The molecule has 1 aromatic carbocycles. The molecule has 1 unspecified atom stereocenters. The lowest BCUT2D eigenvalue weighted by Gasteiger charge is -2.07. The van der Waals surface area contributed by atoms with Crippen molar-refractivity contribution in [3.63, 3.8) is 0 Å². The highest BCUT2D eigenvalue weighted by molar-refractivity contribution is 6.20. The van der Waals surface area contributed by atoms with Gasteiger partial charge in [0, 0.05) is 6.42 Å². The third kappa shape index (κ3) is 3.13. The molecule has 0 spiro atoms. The van der Waals surface area contributed by atoms with Gasteiger partial charge in [-0.3, -0.25) is 14.4 Å². The molecule has 1 aromatic rings. The number of carbonyl (C=O) groups excluding carboxylic acids is 3. The lowest BCUT2D eigenvalue weighted by molar-refractivity contribution is -0.144. The Labute approximate surface area is 118 Å². The van der Waals surface area contributed by atoms with Gasteiger partial charge in [-0.15, -0.1) is 0 Å². The van der Waals surface area contributed by atoms with Crippen molar-refractivity contribution < 1.29 is 19.1 Å². The second-order valence-corrected chi connectivity index (χ2v) is 5.37. The first-order chi connectivity index (χ1) is 9.49. The molecule has 1 atom stereocenters. The standard InChI is InChI=1S/C16H18O4/c1-10(2)12-6-3-11(4-7-12)5-8-13(17)15-14(18)9-20-16(15)19/h3-4,6-7,10,15H,5,8-9H2,1-2H3. The second kappa shape index (κ2) is 5.99. The SMILES string of the molecule is CC(C)c1ccc(CCC(=O)C2C(=O)COC2=O)cc1. The molecule has 0 bridgehead atoms. The maximum atomic E-state index is 11.9. The van der Waals surface area contributed by atoms with Crippen molar-refractivity contribution in [2.24, 2.45) is 5.92 Å². The summed E-state index contributed by atoms with van der Waals surface area (Å²) < 4.78 is 4.58. The van der Waals surface area contributed by atoms with Gasteiger partial charge in [0.25, 0.3) is 0 Å². The Bertz CT molecular complexity index is 512. The van der Waals surface area contributed by atoms with Gasteiger partial charge in [0.1, 0.15) is 0 Å². The van der Waals surface area contributed by atoms with Crippen LogP contribution in [0.1, 0.15) is 37.3 Å². The van der Waals surface area contributed by atoms with E-state index < -0.39 is 17.7 Å². The Kier molecular flexibility index (Phi) is 4.32. The second-order valence-electron chi connectivity index (χ2n) is 5.37. The molecule has 0 saturated carbocycles. The van der Waals surface area contributed by atoms with E-state index in [1.165, 1.54) is 5.56 Å². The lowest BCUT2D eigenvalue weighted by atomic mass is 9.95. The van der Waals surface area contributed by atoms with Gasteiger partial charge in [-0.2, -0.15) is 0 Å². The van der Waals surface area contributed by atoms with E-state index in [4.69, 9.17) is 0 Å². The van der Waals surface area contributed by atoms with Gasteiger partial charge in [0.2, 0.25) is 0 Å². The number of Topliss-reactive ketones (excluding diaryl/α,β-unsaturated/α-hetero) is 2. The molecule has 20 heavy (non-hydrogen) atoms. The molecule has 1 aliphatic heterocycles.